The first-order chi connectivity index (χ1) is 15.9. The van der Waals surface area contributed by atoms with E-state index in [1.165, 1.54) is 10.7 Å². The number of nitrogens with zero attached hydrogens (tertiary/aromatic N) is 4. The fraction of sp³-hybridized carbons (Fsp3) is 0.231. The molecule has 0 saturated carbocycles. The highest BCUT2D eigenvalue weighted by atomic mass is 16.6. The van der Waals surface area contributed by atoms with Gasteiger partial charge in [-0.1, -0.05) is 30.3 Å². The van der Waals surface area contributed by atoms with E-state index in [0.717, 1.165) is 53.7 Å². The Bertz CT molecular complexity index is 1450. The lowest BCUT2D eigenvalue weighted by atomic mass is 10.0. The molecule has 7 heteroatoms. The lowest BCUT2D eigenvalue weighted by Gasteiger charge is -2.19. The van der Waals surface area contributed by atoms with Gasteiger partial charge in [-0.05, 0) is 62.1 Å². The topological polar surface area (TPSA) is 81.3 Å². The largest absolute Gasteiger partial charge is 0.371 e. The Morgan fingerprint density at radius 1 is 0.909 bits per heavy atom. The number of anilines is 1. The van der Waals surface area contributed by atoms with E-state index < -0.39 is 4.92 Å². The van der Waals surface area contributed by atoms with Crippen LogP contribution in [0.15, 0.2) is 65.5 Å². The van der Waals surface area contributed by atoms with Crippen LogP contribution in [0.5, 0.6) is 0 Å². The zero-order valence-electron chi connectivity index (χ0n) is 18.6. The first kappa shape index (κ1) is 20.9. The van der Waals surface area contributed by atoms with Gasteiger partial charge < -0.3 is 4.90 Å². The predicted octanol–water partition coefficient (Wildman–Crippen LogP) is 5.18. The van der Waals surface area contributed by atoms with Crippen LogP contribution in [0.2, 0.25) is 0 Å². The summed E-state index contributed by atoms with van der Waals surface area (Å²) >= 11 is 0. The first-order valence-corrected chi connectivity index (χ1v) is 11.1. The van der Waals surface area contributed by atoms with Crippen LogP contribution >= 0.6 is 0 Å². The second kappa shape index (κ2) is 8.16. The zero-order chi connectivity index (χ0) is 23.1. The van der Waals surface area contributed by atoms with Gasteiger partial charge in [0.15, 0.2) is 0 Å². The third kappa shape index (κ3) is 3.65. The highest BCUT2D eigenvalue weighted by molar-refractivity contribution is 5.94. The van der Waals surface area contributed by atoms with Crippen molar-refractivity contribution in [2.45, 2.75) is 26.7 Å². The molecule has 0 aliphatic carbocycles. The number of aryl methyl sites for hydroxylation is 2. The van der Waals surface area contributed by atoms with Gasteiger partial charge >= 0.3 is 0 Å². The molecule has 1 aliphatic heterocycles. The maximum atomic E-state index is 13.5. The number of benzene rings is 3. The van der Waals surface area contributed by atoms with Crippen molar-refractivity contribution in [1.29, 1.82) is 0 Å². The molecule has 2 heterocycles. The molecule has 4 aromatic rings. The summed E-state index contributed by atoms with van der Waals surface area (Å²) in [7, 11) is 0. The third-order valence-electron chi connectivity index (χ3n) is 6.44. The summed E-state index contributed by atoms with van der Waals surface area (Å²) in [5, 5.41) is 17.8. The SMILES string of the molecule is Cc1ccc(-c2nn(-c3cc(N4CCCC4)ccc3[N+](=O)[O-])c(=O)c3ccccc23)cc1C. The number of nitro benzene ring substituents is 1. The fourth-order valence-corrected chi connectivity index (χ4v) is 4.46. The molecule has 1 aromatic heterocycles. The standard InChI is InChI=1S/C26H24N4O3/c1-17-9-10-19(15-18(17)2)25-21-7-3-4-8-22(21)26(31)29(27-25)24-16-20(28-13-5-6-14-28)11-12-23(24)30(32)33/h3-4,7-12,15-16H,5-6,13-14H2,1-2H3. The second-order valence-corrected chi connectivity index (χ2v) is 8.53. The van der Waals surface area contributed by atoms with E-state index in [2.05, 4.69) is 4.90 Å². The number of hydrogen-bond acceptors (Lipinski definition) is 5. The molecule has 1 saturated heterocycles. The summed E-state index contributed by atoms with van der Waals surface area (Å²) in [6.07, 6.45) is 2.16. The van der Waals surface area contributed by atoms with Crippen molar-refractivity contribution in [1.82, 2.24) is 9.78 Å². The number of nitro groups is 1. The quantitative estimate of drug-likeness (QED) is 0.323. The van der Waals surface area contributed by atoms with Gasteiger partial charge in [0, 0.05) is 35.8 Å². The first-order valence-electron chi connectivity index (χ1n) is 11.1. The van der Waals surface area contributed by atoms with Crippen LogP contribution in [-0.4, -0.2) is 27.8 Å². The molecule has 0 unspecified atom stereocenters. The van der Waals surface area contributed by atoms with Crippen molar-refractivity contribution < 1.29 is 4.92 Å². The Balaban J connectivity index is 1.81. The smallest absolute Gasteiger partial charge is 0.295 e. The summed E-state index contributed by atoms with van der Waals surface area (Å²) in [5.74, 6) is 0. The van der Waals surface area contributed by atoms with Crippen molar-refractivity contribution in [2.75, 3.05) is 18.0 Å². The Morgan fingerprint density at radius 3 is 2.33 bits per heavy atom. The number of hydrogen-bond donors (Lipinski definition) is 0. The maximum Gasteiger partial charge on any atom is 0.295 e. The van der Waals surface area contributed by atoms with Crippen molar-refractivity contribution in [3.05, 3.63) is 92.3 Å². The summed E-state index contributed by atoms with van der Waals surface area (Å²) in [4.78, 5) is 27.1. The van der Waals surface area contributed by atoms with Crippen LogP contribution in [0.25, 0.3) is 27.7 Å². The molecule has 7 nitrogen and oxygen atoms in total. The molecule has 166 valence electrons. The van der Waals surface area contributed by atoms with Crippen molar-refractivity contribution >= 4 is 22.1 Å². The molecule has 5 rings (SSSR count). The summed E-state index contributed by atoms with van der Waals surface area (Å²) in [6.45, 7) is 5.86. The van der Waals surface area contributed by atoms with Gasteiger partial charge in [-0.25, -0.2) is 0 Å². The predicted molar refractivity (Wildman–Crippen MR) is 130 cm³/mol. The fourth-order valence-electron chi connectivity index (χ4n) is 4.46. The molecular weight excluding hydrogens is 416 g/mol. The zero-order valence-corrected chi connectivity index (χ0v) is 18.6. The molecule has 1 aliphatic rings. The number of fused-ring (bicyclic) bond motifs is 1. The van der Waals surface area contributed by atoms with Gasteiger partial charge in [-0.15, -0.1) is 0 Å². The van der Waals surface area contributed by atoms with Crippen LogP contribution in [0.4, 0.5) is 11.4 Å². The molecule has 0 N–H and O–H groups in total. The minimum absolute atomic E-state index is 0.145. The molecule has 3 aromatic carbocycles. The Morgan fingerprint density at radius 2 is 1.64 bits per heavy atom. The highest BCUT2D eigenvalue weighted by Crippen LogP contribution is 2.31. The van der Waals surface area contributed by atoms with E-state index in [1.54, 1.807) is 24.3 Å². The van der Waals surface area contributed by atoms with Crippen LogP contribution in [0.1, 0.15) is 24.0 Å². The van der Waals surface area contributed by atoms with Crippen molar-refractivity contribution in [2.24, 2.45) is 0 Å². The second-order valence-electron chi connectivity index (χ2n) is 8.53. The maximum absolute atomic E-state index is 13.5. The van der Waals surface area contributed by atoms with E-state index in [0.29, 0.717) is 11.1 Å². The molecule has 0 amide bonds. The van der Waals surface area contributed by atoms with Gasteiger partial charge in [-0.3, -0.25) is 14.9 Å². The monoisotopic (exact) mass is 440 g/mol. The normalized spacial score (nSPS) is 13.6. The molecular formula is C26H24N4O3. The van der Waals surface area contributed by atoms with E-state index in [9.17, 15) is 14.9 Å². The van der Waals surface area contributed by atoms with Gasteiger partial charge in [0.05, 0.1) is 16.0 Å². The molecule has 0 spiro atoms. The molecule has 0 radical (unpaired) electrons. The molecule has 0 bridgehead atoms. The third-order valence-corrected chi connectivity index (χ3v) is 6.44. The van der Waals surface area contributed by atoms with Crippen LogP contribution in [0, 0.1) is 24.0 Å². The average molecular weight is 441 g/mol. The minimum Gasteiger partial charge on any atom is -0.371 e. The van der Waals surface area contributed by atoms with E-state index in [1.807, 2.05) is 44.2 Å². The Labute approximate surface area is 191 Å². The van der Waals surface area contributed by atoms with Crippen LogP contribution in [0.3, 0.4) is 0 Å². The van der Waals surface area contributed by atoms with Crippen LogP contribution < -0.4 is 10.5 Å². The lowest BCUT2D eigenvalue weighted by molar-refractivity contribution is -0.384. The summed E-state index contributed by atoms with van der Waals surface area (Å²) < 4.78 is 1.20. The van der Waals surface area contributed by atoms with Crippen molar-refractivity contribution in [3.63, 3.8) is 0 Å². The molecule has 0 atom stereocenters. The summed E-state index contributed by atoms with van der Waals surface area (Å²) in [6, 6.07) is 18.3. The highest BCUT2D eigenvalue weighted by Gasteiger charge is 2.23. The summed E-state index contributed by atoms with van der Waals surface area (Å²) in [5.41, 5.74) is 4.28. The minimum atomic E-state index is -0.456. The van der Waals surface area contributed by atoms with Crippen LogP contribution in [-0.2, 0) is 0 Å². The number of rotatable bonds is 4. The average Bonchev–Trinajstić information content (AvgIpc) is 3.36. The van der Waals surface area contributed by atoms with Gasteiger partial charge in [0.1, 0.15) is 5.69 Å². The van der Waals surface area contributed by atoms with Crippen molar-refractivity contribution in [3.8, 4) is 16.9 Å². The van der Waals surface area contributed by atoms with E-state index in [4.69, 9.17) is 5.10 Å². The Hall–Kier alpha value is -4.00. The number of aromatic nitrogens is 2. The van der Waals surface area contributed by atoms with Gasteiger partial charge in [0.2, 0.25) is 0 Å². The molecule has 33 heavy (non-hydrogen) atoms. The lowest BCUT2D eigenvalue weighted by Crippen LogP contribution is -2.24. The molecule has 1 fully saturated rings. The van der Waals surface area contributed by atoms with E-state index in [-0.39, 0.29) is 16.9 Å². The van der Waals surface area contributed by atoms with E-state index >= 15 is 0 Å². The van der Waals surface area contributed by atoms with Gasteiger partial charge in [-0.2, -0.15) is 9.78 Å². The Kier molecular flexibility index (Phi) is 5.17. The van der Waals surface area contributed by atoms with Gasteiger partial charge in [0.25, 0.3) is 11.2 Å².